The van der Waals surface area contributed by atoms with Crippen molar-refractivity contribution in [2.45, 2.75) is 32.2 Å². The number of carbonyl (C=O) groups excluding carboxylic acids is 1. The summed E-state index contributed by atoms with van der Waals surface area (Å²) in [4.78, 5) is 15.2. The largest absolute Gasteiger partial charge is 0.466 e. The minimum absolute atomic E-state index is 0.0458. The lowest BCUT2D eigenvalue weighted by Gasteiger charge is -2.11. The van der Waals surface area contributed by atoms with Crippen molar-refractivity contribution >= 4 is 21.9 Å². The van der Waals surface area contributed by atoms with Gasteiger partial charge in [0.25, 0.3) is 0 Å². The maximum absolute atomic E-state index is 11.2. The average Bonchev–Trinajstić information content (AvgIpc) is 2.27. The van der Waals surface area contributed by atoms with Crippen molar-refractivity contribution in [1.82, 2.24) is 4.98 Å². The molecule has 0 saturated heterocycles. The Balaban J connectivity index is 2.34. The van der Waals surface area contributed by atoms with Gasteiger partial charge >= 0.3 is 5.97 Å². The SMILES string of the molecule is CCOC(=O)CCC(N)Cc1cncc(Br)c1. The van der Waals surface area contributed by atoms with E-state index in [1.54, 1.807) is 19.3 Å². The summed E-state index contributed by atoms with van der Waals surface area (Å²) in [6, 6.07) is 1.94. The minimum atomic E-state index is -0.185. The molecule has 4 nitrogen and oxygen atoms in total. The number of esters is 1. The predicted molar refractivity (Wildman–Crippen MR) is 69.5 cm³/mol. The number of carbonyl (C=O) groups is 1. The van der Waals surface area contributed by atoms with E-state index in [1.165, 1.54) is 0 Å². The highest BCUT2D eigenvalue weighted by atomic mass is 79.9. The fraction of sp³-hybridized carbons (Fsp3) is 0.500. The van der Waals surface area contributed by atoms with Gasteiger partial charge in [0.2, 0.25) is 0 Å². The molecule has 2 N–H and O–H groups in total. The summed E-state index contributed by atoms with van der Waals surface area (Å²) in [5.74, 6) is -0.185. The molecule has 1 rings (SSSR count). The summed E-state index contributed by atoms with van der Waals surface area (Å²) in [5.41, 5.74) is 7.01. The zero-order valence-corrected chi connectivity index (χ0v) is 11.4. The highest BCUT2D eigenvalue weighted by Crippen LogP contribution is 2.12. The number of rotatable bonds is 6. The van der Waals surface area contributed by atoms with Crippen molar-refractivity contribution in [1.29, 1.82) is 0 Å². The zero-order valence-electron chi connectivity index (χ0n) is 9.86. The summed E-state index contributed by atoms with van der Waals surface area (Å²) in [7, 11) is 0. The molecule has 0 aliphatic rings. The molecule has 0 radical (unpaired) electrons. The molecule has 5 heteroatoms. The number of halogens is 1. The maximum Gasteiger partial charge on any atom is 0.305 e. The van der Waals surface area contributed by atoms with Crippen molar-refractivity contribution in [2.24, 2.45) is 5.73 Å². The van der Waals surface area contributed by atoms with Crippen LogP contribution in [0.3, 0.4) is 0 Å². The standard InChI is InChI=1S/C12H17BrN2O2/c1-2-17-12(16)4-3-11(14)6-9-5-10(13)8-15-7-9/h5,7-8,11H,2-4,6,14H2,1H3. The van der Waals surface area contributed by atoms with E-state index in [-0.39, 0.29) is 12.0 Å². The van der Waals surface area contributed by atoms with E-state index in [1.807, 2.05) is 6.07 Å². The molecule has 1 aromatic heterocycles. The lowest BCUT2D eigenvalue weighted by molar-refractivity contribution is -0.143. The van der Waals surface area contributed by atoms with E-state index in [2.05, 4.69) is 20.9 Å². The van der Waals surface area contributed by atoms with Crippen LogP contribution in [0.5, 0.6) is 0 Å². The normalized spacial score (nSPS) is 12.2. The van der Waals surface area contributed by atoms with Gasteiger partial charge in [-0.25, -0.2) is 0 Å². The van der Waals surface area contributed by atoms with Gasteiger partial charge in [-0.2, -0.15) is 0 Å². The van der Waals surface area contributed by atoms with Crippen LogP contribution in [0.2, 0.25) is 0 Å². The van der Waals surface area contributed by atoms with Crippen LogP contribution in [-0.4, -0.2) is 23.6 Å². The molecule has 17 heavy (non-hydrogen) atoms. The van der Waals surface area contributed by atoms with Gasteiger partial charge < -0.3 is 10.5 Å². The Kier molecular flexibility index (Phi) is 6.15. The van der Waals surface area contributed by atoms with E-state index < -0.39 is 0 Å². The van der Waals surface area contributed by atoms with Crippen molar-refractivity contribution in [3.63, 3.8) is 0 Å². The van der Waals surface area contributed by atoms with Crippen LogP contribution >= 0.6 is 15.9 Å². The molecule has 94 valence electrons. The smallest absolute Gasteiger partial charge is 0.305 e. The van der Waals surface area contributed by atoms with E-state index >= 15 is 0 Å². The van der Waals surface area contributed by atoms with Gasteiger partial charge in [-0.1, -0.05) is 0 Å². The van der Waals surface area contributed by atoms with Crippen LogP contribution in [0, 0.1) is 0 Å². The highest BCUT2D eigenvalue weighted by molar-refractivity contribution is 9.10. The first kappa shape index (κ1) is 14.1. The van der Waals surface area contributed by atoms with Gasteiger partial charge in [-0.05, 0) is 47.3 Å². The number of hydrogen-bond donors (Lipinski definition) is 1. The van der Waals surface area contributed by atoms with Crippen molar-refractivity contribution in [3.05, 3.63) is 28.5 Å². The first-order chi connectivity index (χ1) is 8.11. The van der Waals surface area contributed by atoms with Gasteiger partial charge in [0, 0.05) is 29.3 Å². The summed E-state index contributed by atoms with van der Waals surface area (Å²) >= 11 is 3.36. The molecule has 0 bridgehead atoms. The molecule has 1 aromatic rings. The minimum Gasteiger partial charge on any atom is -0.466 e. The van der Waals surface area contributed by atoms with Crippen LogP contribution < -0.4 is 5.73 Å². The van der Waals surface area contributed by atoms with Crippen LogP contribution in [0.15, 0.2) is 22.9 Å². The first-order valence-corrected chi connectivity index (χ1v) is 6.41. The van der Waals surface area contributed by atoms with E-state index in [4.69, 9.17) is 10.5 Å². The quantitative estimate of drug-likeness (QED) is 0.817. The molecular weight excluding hydrogens is 284 g/mol. The van der Waals surface area contributed by atoms with Crippen molar-refractivity contribution in [2.75, 3.05) is 6.61 Å². The zero-order chi connectivity index (χ0) is 12.7. The van der Waals surface area contributed by atoms with E-state index in [0.717, 1.165) is 10.0 Å². The fourth-order valence-corrected chi connectivity index (χ4v) is 1.92. The Morgan fingerprint density at radius 1 is 1.59 bits per heavy atom. The molecule has 1 heterocycles. The molecule has 0 fully saturated rings. The van der Waals surface area contributed by atoms with Crippen LogP contribution in [0.1, 0.15) is 25.3 Å². The average molecular weight is 301 g/mol. The summed E-state index contributed by atoms with van der Waals surface area (Å²) in [5, 5.41) is 0. The van der Waals surface area contributed by atoms with Crippen molar-refractivity contribution < 1.29 is 9.53 Å². The Morgan fingerprint density at radius 2 is 2.35 bits per heavy atom. The molecule has 0 aliphatic heterocycles. The van der Waals surface area contributed by atoms with Gasteiger partial charge in [-0.15, -0.1) is 0 Å². The topological polar surface area (TPSA) is 65.2 Å². The van der Waals surface area contributed by atoms with Gasteiger partial charge in [-0.3, -0.25) is 9.78 Å². The lowest BCUT2D eigenvalue weighted by Crippen LogP contribution is -2.24. The second-order valence-corrected chi connectivity index (χ2v) is 4.73. The summed E-state index contributed by atoms with van der Waals surface area (Å²) in [6.07, 6.45) is 5.23. The Hall–Kier alpha value is -0.940. The van der Waals surface area contributed by atoms with Gasteiger partial charge in [0.15, 0.2) is 0 Å². The molecule has 0 saturated carbocycles. The number of aromatic nitrogens is 1. The van der Waals surface area contributed by atoms with Gasteiger partial charge in [0.1, 0.15) is 0 Å². The third kappa shape index (κ3) is 5.79. The Morgan fingerprint density at radius 3 is 3.00 bits per heavy atom. The maximum atomic E-state index is 11.2. The van der Waals surface area contributed by atoms with Crippen LogP contribution in [0.25, 0.3) is 0 Å². The van der Waals surface area contributed by atoms with Crippen molar-refractivity contribution in [3.8, 4) is 0 Å². The third-order valence-electron chi connectivity index (χ3n) is 2.28. The first-order valence-electron chi connectivity index (χ1n) is 5.62. The second-order valence-electron chi connectivity index (χ2n) is 3.82. The number of hydrogen-bond acceptors (Lipinski definition) is 4. The number of nitrogens with two attached hydrogens (primary N) is 1. The van der Waals surface area contributed by atoms with Crippen LogP contribution in [-0.2, 0) is 16.0 Å². The molecule has 0 aromatic carbocycles. The summed E-state index contributed by atoms with van der Waals surface area (Å²) in [6.45, 7) is 2.22. The number of ether oxygens (including phenoxy) is 1. The molecule has 0 aliphatic carbocycles. The highest BCUT2D eigenvalue weighted by Gasteiger charge is 2.09. The molecular formula is C12H17BrN2O2. The van der Waals surface area contributed by atoms with Crippen LogP contribution in [0.4, 0.5) is 0 Å². The molecule has 1 atom stereocenters. The number of pyridine rings is 1. The molecule has 1 unspecified atom stereocenters. The third-order valence-corrected chi connectivity index (χ3v) is 2.72. The Labute approximate surface area is 110 Å². The van der Waals surface area contributed by atoms with Gasteiger partial charge in [0.05, 0.1) is 6.61 Å². The fourth-order valence-electron chi connectivity index (χ4n) is 1.51. The number of nitrogens with zero attached hydrogens (tertiary/aromatic N) is 1. The second kappa shape index (κ2) is 7.40. The summed E-state index contributed by atoms with van der Waals surface area (Å²) < 4.78 is 5.78. The molecule has 0 amide bonds. The molecule has 0 spiro atoms. The Bertz CT molecular complexity index is 371. The predicted octanol–water partition coefficient (Wildman–Crippen LogP) is 2.06. The van der Waals surface area contributed by atoms with E-state index in [9.17, 15) is 4.79 Å². The monoisotopic (exact) mass is 300 g/mol. The van der Waals surface area contributed by atoms with E-state index in [0.29, 0.717) is 25.9 Å². The lowest BCUT2D eigenvalue weighted by atomic mass is 10.0.